The molecule has 1 rings (SSSR count). The van der Waals surface area contributed by atoms with Gasteiger partial charge in [-0.05, 0) is 50.7 Å². The van der Waals surface area contributed by atoms with E-state index in [-0.39, 0.29) is 6.04 Å². The highest BCUT2D eigenvalue weighted by Gasteiger charge is 2.08. The van der Waals surface area contributed by atoms with Crippen molar-refractivity contribution in [1.82, 2.24) is 10.7 Å². The van der Waals surface area contributed by atoms with Crippen LogP contribution in [0.1, 0.15) is 32.8 Å². The van der Waals surface area contributed by atoms with E-state index >= 15 is 0 Å². The second kappa shape index (κ2) is 8.46. The summed E-state index contributed by atoms with van der Waals surface area (Å²) in [6, 6.07) is 5.99. The number of ether oxygens (including phenoxy) is 2. The maximum atomic E-state index is 5.31. The number of hydrogen-bond donors (Lipinski definition) is 2. The molecule has 0 fully saturated rings. The Kier molecular flexibility index (Phi) is 6.94. The fourth-order valence-corrected chi connectivity index (χ4v) is 2.06. The number of thiocarbonyl (C=S) groups is 1. The quantitative estimate of drug-likeness (QED) is 0.481. The lowest BCUT2D eigenvalue weighted by molar-refractivity contribution is 0.355. The van der Waals surface area contributed by atoms with Crippen LogP contribution in [0.3, 0.4) is 0 Å². The number of rotatable bonds is 6. The molecule has 0 amide bonds. The maximum absolute atomic E-state index is 5.31. The Morgan fingerprint density at radius 3 is 2.43 bits per heavy atom. The molecule has 0 saturated heterocycles. The molecule has 0 bridgehead atoms. The van der Waals surface area contributed by atoms with Crippen LogP contribution in [0.5, 0.6) is 11.5 Å². The van der Waals surface area contributed by atoms with Crippen molar-refractivity contribution < 1.29 is 9.47 Å². The van der Waals surface area contributed by atoms with Crippen LogP contribution in [0.4, 0.5) is 0 Å². The van der Waals surface area contributed by atoms with Gasteiger partial charge in [0.1, 0.15) is 0 Å². The van der Waals surface area contributed by atoms with Gasteiger partial charge in [-0.25, -0.2) is 0 Å². The van der Waals surface area contributed by atoms with Crippen molar-refractivity contribution >= 4 is 23.0 Å². The van der Waals surface area contributed by atoms with E-state index in [0.717, 1.165) is 17.7 Å². The van der Waals surface area contributed by atoms with E-state index in [1.54, 1.807) is 14.2 Å². The van der Waals surface area contributed by atoms with E-state index in [1.807, 2.05) is 39.0 Å². The Hall–Kier alpha value is -1.82. The van der Waals surface area contributed by atoms with Crippen LogP contribution < -0.4 is 20.2 Å². The third kappa shape index (κ3) is 5.23. The normalized spacial score (nSPS) is 11.2. The van der Waals surface area contributed by atoms with Gasteiger partial charge in [0.25, 0.3) is 0 Å². The largest absolute Gasteiger partial charge is 0.493 e. The molecule has 0 aliphatic rings. The van der Waals surface area contributed by atoms with Gasteiger partial charge < -0.3 is 14.8 Å². The number of nitrogens with zero attached hydrogens (tertiary/aromatic N) is 1. The molecule has 0 radical (unpaired) electrons. The summed E-state index contributed by atoms with van der Waals surface area (Å²) in [6.07, 6.45) is 0.771. The molecular weight excluding hydrogens is 286 g/mol. The second-order valence-corrected chi connectivity index (χ2v) is 5.13. The summed E-state index contributed by atoms with van der Waals surface area (Å²) in [6.45, 7) is 6.08. The lowest BCUT2D eigenvalue weighted by Gasteiger charge is -2.13. The predicted octanol–water partition coefficient (Wildman–Crippen LogP) is 2.69. The monoisotopic (exact) mass is 309 g/mol. The Labute approximate surface area is 131 Å². The number of hydrazone groups is 1. The predicted molar refractivity (Wildman–Crippen MR) is 90.4 cm³/mol. The van der Waals surface area contributed by atoms with E-state index in [1.165, 1.54) is 0 Å². The van der Waals surface area contributed by atoms with Crippen LogP contribution in [-0.2, 0) is 0 Å². The van der Waals surface area contributed by atoms with Gasteiger partial charge in [-0.1, -0.05) is 6.92 Å². The molecule has 0 aliphatic carbocycles. The van der Waals surface area contributed by atoms with Crippen molar-refractivity contribution in [2.75, 3.05) is 14.2 Å². The molecule has 0 aromatic heterocycles. The van der Waals surface area contributed by atoms with Crippen molar-refractivity contribution in [2.45, 2.75) is 33.2 Å². The van der Waals surface area contributed by atoms with Gasteiger partial charge in [-0.3, -0.25) is 5.43 Å². The number of hydrogen-bond acceptors (Lipinski definition) is 4. The maximum Gasteiger partial charge on any atom is 0.187 e. The SMILES string of the molecule is CC/C(=N/NC(=S)NC(C)C)c1ccc(OC)c(OC)c1. The van der Waals surface area contributed by atoms with Crippen molar-refractivity contribution in [3.05, 3.63) is 23.8 Å². The highest BCUT2D eigenvalue weighted by Crippen LogP contribution is 2.28. The van der Waals surface area contributed by atoms with Crippen LogP contribution in [0.2, 0.25) is 0 Å². The molecule has 1 aromatic carbocycles. The zero-order valence-electron chi connectivity index (χ0n) is 13.2. The van der Waals surface area contributed by atoms with E-state index in [4.69, 9.17) is 21.7 Å². The van der Waals surface area contributed by atoms with Crippen LogP contribution in [-0.4, -0.2) is 31.1 Å². The highest BCUT2D eigenvalue weighted by atomic mass is 32.1. The topological polar surface area (TPSA) is 54.9 Å². The Bertz CT molecular complexity index is 516. The average molecular weight is 309 g/mol. The minimum absolute atomic E-state index is 0.270. The molecule has 0 atom stereocenters. The molecule has 0 spiro atoms. The molecule has 2 N–H and O–H groups in total. The highest BCUT2D eigenvalue weighted by molar-refractivity contribution is 7.80. The molecule has 1 aromatic rings. The average Bonchev–Trinajstić information content (AvgIpc) is 2.46. The minimum Gasteiger partial charge on any atom is -0.493 e. The standard InChI is InChI=1S/C15H23N3O2S/c1-6-12(17-18-15(21)16-10(2)3)11-7-8-13(19-4)14(9-11)20-5/h7-10H,6H2,1-5H3,(H2,16,18,21)/b17-12-. The van der Waals surface area contributed by atoms with Crippen molar-refractivity contribution in [3.63, 3.8) is 0 Å². The van der Waals surface area contributed by atoms with E-state index in [2.05, 4.69) is 15.8 Å². The molecule has 0 heterocycles. The van der Waals surface area contributed by atoms with Gasteiger partial charge in [0.2, 0.25) is 0 Å². The molecule has 116 valence electrons. The summed E-state index contributed by atoms with van der Waals surface area (Å²) in [5.41, 5.74) is 4.73. The van der Waals surface area contributed by atoms with E-state index < -0.39 is 0 Å². The lowest BCUT2D eigenvalue weighted by atomic mass is 10.1. The van der Waals surface area contributed by atoms with Gasteiger partial charge in [0, 0.05) is 11.6 Å². The van der Waals surface area contributed by atoms with Gasteiger partial charge in [0.05, 0.1) is 19.9 Å². The first kappa shape index (κ1) is 17.2. The van der Waals surface area contributed by atoms with Crippen molar-refractivity contribution in [1.29, 1.82) is 0 Å². The van der Waals surface area contributed by atoms with Gasteiger partial charge >= 0.3 is 0 Å². The van der Waals surface area contributed by atoms with Gasteiger partial charge in [-0.2, -0.15) is 5.10 Å². The number of nitrogens with one attached hydrogen (secondary N) is 2. The first-order chi connectivity index (χ1) is 10.0. The molecule has 5 nitrogen and oxygen atoms in total. The van der Waals surface area contributed by atoms with E-state index in [9.17, 15) is 0 Å². The summed E-state index contributed by atoms with van der Waals surface area (Å²) in [5.74, 6) is 1.38. The number of benzene rings is 1. The van der Waals surface area contributed by atoms with Crippen LogP contribution in [0, 0.1) is 0 Å². The zero-order valence-corrected chi connectivity index (χ0v) is 14.0. The van der Waals surface area contributed by atoms with E-state index in [0.29, 0.717) is 16.6 Å². The van der Waals surface area contributed by atoms with Gasteiger partial charge in [-0.15, -0.1) is 0 Å². The minimum atomic E-state index is 0.270. The van der Waals surface area contributed by atoms with Gasteiger partial charge in [0.15, 0.2) is 16.6 Å². The first-order valence-corrected chi connectivity index (χ1v) is 7.28. The Morgan fingerprint density at radius 2 is 1.90 bits per heavy atom. The summed E-state index contributed by atoms with van der Waals surface area (Å²) >= 11 is 5.16. The molecule has 0 aliphatic heterocycles. The third-order valence-corrected chi connectivity index (χ3v) is 2.97. The Balaban J connectivity index is 2.91. The molecule has 21 heavy (non-hydrogen) atoms. The molecule has 6 heteroatoms. The fraction of sp³-hybridized carbons (Fsp3) is 0.467. The molecular formula is C15H23N3O2S. The Morgan fingerprint density at radius 1 is 1.24 bits per heavy atom. The second-order valence-electron chi connectivity index (χ2n) is 4.72. The van der Waals surface area contributed by atoms with Crippen molar-refractivity contribution in [2.24, 2.45) is 5.10 Å². The summed E-state index contributed by atoms with van der Waals surface area (Å²) < 4.78 is 10.5. The van der Waals surface area contributed by atoms with Crippen LogP contribution >= 0.6 is 12.2 Å². The lowest BCUT2D eigenvalue weighted by Crippen LogP contribution is -2.37. The van der Waals surface area contributed by atoms with Crippen molar-refractivity contribution in [3.8, 4) is 11.5 Å². The zero-order chi connectivity index (χ0) is 15.8. The summed E-state index contributed by atoms with van der Waals surface area (Å²) in [7, 11) is 3.23. The fourth-order valence-electron chi connectivity index (χ4n) is 1.78. The summed E-state index contributed by atoms with van der Waals surface area (Å²) in [5, 5.41) is 7.96. The first-order valence-electron chi connectivity index (χ1n) is 6.87. The summed E-state index contributed by atoms with van der Waals surface area (Å²) in [4.78, 5) is 0. The third-order valence-electron chi connectivity index (χ3n) is 2.76. The van der Waals surface area contributed by atoms with Crippen LogP contribution in [0.25, 0.3) is 0 Å². The molecule has 0 unspecified atom stereocenters. The molecule has 0 saturated carbocycles. The number of methoxy groups -OCH3 is 2. The smallest absolute Gasteiger partial charge is 0.187 e. The van der Waals surface area contributed by atoms with Crippen LogP contribution in [0.15, 0.2) is 23.3 Å².